The fraction of sp³-hybridized carbons (Fsp3) is 0.250. The summed E-state index contributed by atoms with van der Waals surface area (Å²) in [7, 11) is 1.84. The number of nitrogens with zero attached hydrogens (tertiary/aromatic N) is 4. The first kappa shape index (κ1) is 20.5. The maximum atomic E-state index is 12.7. The van der Waals surface area contributed by atoms with Crippen molar-refractivity contribution in [3.8, 4) is 0 Å². The van der Waals surface area contributed by atoms with Crippen molar-refractivity contribution in [3.05, 3.63) is 77.1 Å². The summed E-state index contributed by atoms with van der Waals surface area (Å²) in [6, 6.07) is 13.6. The van der Waals surface area contributed by atoms with Crippen molar-refractivity contribution in [1.82, 2.24) is 19.7 Å². The van der Waals surface area contributed by atoms with Gasteiger partial charge in [0.25, 0.3) is 5.91 Å². The molecule has 2 aromatic carbocycles. The van der Waals surface area contributed by atoms with Gasteiger partial charge in [-0.1, -0.05) is 25.1 Å². The summed E-state index contributed by atoms with van der Waals surface area (Å²) in [6.07, 6.45) is 4.35. The van der Waals surface area contributed by atoms with E-state index in [9.17, 15) is 4.79 Å². The Labute approximate surface area is 181 Å². The first-order valence-electron chi connectivity index (χ1n) is 10.4. The highest BCUT2D eigenvalue weighted by atomic mass is 16.1. The number of hydrogen-bond donors (Lipinski definition) is 2. The van der Waals surface area contributed by atoms with Gasteiger partial charge in [0.15, 0.2) is 5.65 Å². The molecule has 0 aliphatic carbocycles. The van der Waals surface area contributed by atoms with Crippen molar-refractivity contribution < 1.29 is 4.79 Å². The van der Waals surface area contributed by atoms with Gasteiger partial charge in [-0.2, -0.15) is 5.10 Å². The predicted octanol–water partition coefficient (Wildman–Crippen LogP) is 4.66. The van der Waals surface area contributed by atoms with Crippen molar-refractivity contribution in [1.29, 1.82) is 0 Å². The van der Waals surface area contributed by atoms with Gasteiger partial charge in [-0.05, 0) is 61.2 Å². The molecule has 2 N–H and O–H groups in total. The second kappa shape index (κ2) is 8.55. The second-order valence-corrected chi connectivity index (χ2v) is 7.67. The third kappa shape index (κ3) is 4.40. The van der Waals surface area contributed by atoms with Crippen molar-refractivity contribution in [2.75, 3.05) is 10.6 Å². The van der Waals surface area contributed by atoms with Crippen LogP contribution in [0.2, 0.25) is 0 Å². The number of carbonyl (C=O) groups is 1. The van der Waals surface area contributed by atoms with Crippen LogP contribution in [0, 0.1) is 6.92 Å². The van der Waals surface area contributed by atoms with Crippen LogP contribution >= 0.6 is 0 Å². The maximum Gasteiger partial charge on any atom is 0.255 e. The van der Waals surface area contributed by atoms with E-state index >= 15 is 0 Å². The minimum absolute atomic E-state index is 0.0251. The highest BCUT2D eigenvalue weighted by molar-refractivity contribution is 6.04. The molecule has 0 spiro atoms. The molecule has 0 aliphatic rings. The molecule has 1 amide bonds. The molecule has 158 valence electrons. The molecular formula is C24H26N6O. The first-order valence-corrected chi connectivity index (χ1v) is 10.4. The van der Waals surface area contributed by atoms with E-state index in [1.54, 1.807) is 17.1 Å². The van der Waals surface area contributed by atoms with Crippen LogP contribution in [0.4, 0.5) is 11.5 Å². The van der Waals surface area contributed by atoms with Crippen LogP contribution in [-0.4, -0.2) is 25.7 Å². The summed E-state index contributed by atoms with van der Waals surface area (Å²) >= 11 is 0. The van der Waals surface area contributed by atoms with Crippen LogP contribution in [0.3, 0.4) is 0 Å². The molecule has 0 bridgehead atoms. The fourth-order valence-electron chi connectivity index (χ4n) is 3.61. The Morgan fingerprint density at radius 1 is 1.16 bits per heavy atom. The Morgan fingerprint density at radius 2 is 2.00 bits per heavy atom. The van der Waals surface area contributed by atoms with Gasteiger partial charge >= 0.3 is 0 Å². The number of aryl methyl sites for hydroxylation is 3. The van der Waals surface area contributed by atoms with Crippen LogP contribution in [-0.2, 0) is 13.5 Å². The normalized spacial score (nSPS) is 12.0. The highest BCUT2D eigenvalue weighted by Crippen LogP contribution is 2.22. The van der Waals surface area contributed by atoms with E-state index in [2.05, 4.69) is 32.6 Å². The molecule has 0 saturated carbocycles. The van der Waals surface area contributed by atoms with E-state index in [1.165, 1.54) is 5.56 Å². The number of aromatic nitrogens is 4. The Morgan fingerprint density at radius 3 is 2.77 bits per heavy atom. The molecule has 4 aromatic rings. The molecule has 0 unspecified atom stereocenters. The maximum absolute atomic E-state index is 12.7. The van der Waals surface area contributed by atoms with E-state index in [4.69, 9.17) is 0 Å². The average molecular weight is 415 g/mol. The van der Waals surface area contributed by atoms with E-state index < -0.39 is 0 Å². The Bertz CT molecular complexity index is 1250. The number of benzene rings is 2. The number of hydrogen-bond acceptors (Lipinski definition) is 5. The van der Waals surface area contributed by atoms with E-state index in [0.717, 1.165) is 34.4 Å². The van der Waals surface area contributed by atoms with Crippen LogP contribution in [0.5, 0.6) is 0 Å². The summed E-state index contributed by atoms with van der Waals surface area (Å²) < 4.78 is 1.70. The van der Waals surface area contributed by atoms with Gasteiger partial charge in [0.05, 0.1) is 18.4 Å². The topological polar surface area (TPSA) is 84.7 Å². The third-order valence-electron chi connectivity index (χ3n) is 5.44. The smallest absolute Gasteiger partial charge is 0.255 e. The van der Waals surface area contributed by atoms with Gasteiger partial charge in [0.2, 0.25) is 0 Å². The number of anilines is 2. The minimum atomic E-state index is -0.115. The van der Waals surface area contributed by atoms with Gasteiger partial charge in [-0.3, -0.25) is 4.79 Å². The molecule has 7 heteroatoms. The molecule has 0 fully saturated rings. The monoisotopic (exact) mass is 414 g/mol. The van der Waals surface area contributed by atoms with E-state index in [-0.39, 0.29) is 11.9 Å². The van der Waals surface area contributed by atoms with Crippen LogP contribution in [0.1, 0.15) is 46.9 Å². The lowest BCUT2D eigenvalue weighted by Gasteiger charge is -2.16. The van der Waals surface area contributed by atoms with Gasteiger partial charge in [0, 0.05) is 18.3 Å². The van der Waals surface area contributed by atoms with Gasteiger partial charge in [-0.15, -0.1) is 0 Å². The lowest BCUT2D eigenvalue weighted by Crippen LogP contribution is -2.13. The molecule has 7 nitrogen and oxygen atoms in total. The van der Waals surface area contributed by atoms with Gasteiger partial charge in [0.1, 0.15) is 11.3 Å². The number of amides is 1. The molecule has 2 heterocycles. The molecular weight excluding hydrogens is 388 g/mol. The Kier molecular flexibility index (Phi) is 5.66. The fourth-order valence-corrected chi connectivity index (χ4v) is 3.61. The van der Waals surface area contributed by atoms with E-state index in [0.29, 0.717) is 11.4 Å². The van der Waals surface area contributed by atoms with Crippen LogP contribution < -0.4 is 10.6 Å². The quantitative estimate of drug-likeness (QED) is 0.479. The van der Waals surface area contributed by atoms with Crippen LogP contribution in [0.25, 0.3) is 11.2 Å². The number of carbonyl (C=O) groups excluding carboxylic acids is 1. The number of nitrogens with one attached hydrogen (secondary N) is 2. The largest absolute Gasteiger partial charge is 0.362 e. The summed E-state index contributed by atoms with van der Waals surface area (Å²) in [6.45, 7) is 6.20. The number of rotatable bonds is 6. The van der Waals surface area contributed by atoms with Crippen molar-refractivity contribution in [2.24, 2.45) is 7.05 Å². The standard InChI is InChI=1S/C24H26N6O/c1-5-17-9-10-19(11-15(17)2)24(31)28-20-8-6-7-18(12-20)16(3)27-22-14-25-21-13-26-30(4)23(21)29-22/h6-14,16H,5H2,1-4H3,(H,27,29)(H,28,31)/t16-/m0/s1. The molecule has 1 atom stereocenters. The second-order valence-electron chi connectivity index (χ2n) is 7.67. The average Bonchev–Trinajstić information content (AvgIpc) is 3.14. The number of fused-ring (bicyclic) bond motifs is 1. The summed E-state index contributed by atoms with van der Waals surface area (Å²) in [5.74, 6) is 0.556. The SMILES string of the molecule is CCc1ccc(C(=O)Nc2cccc([C@H](C)Nc3cnc4cnn(C)c4n3)c2)cc1C. The zero-order chi connectivity index (χ0) is 22.0. The minimum Gasteiger partial charge on any atom is -0.362 e. The lowest BCUT2D eigenvalue weighted by atomic mass is 10.0. The molecule has 31 heavy (non-hydrogen) atoms. The van der Waals surface area contributed by atoms with Crippen LogP contribution in [0.15, 0.2) is 54.9 Å². The van der Waals surface area contributed by atoms with Crippen molar-refractivity contribution >= 4 is 28.6 Å². The molecule has 4 rings (SSSR count). The molecule has 2 aromatic heterocycles. The first-order chi connectivity index (χ1) is 14.9. The van der Waals surface area contributed by atoms with Crippen molar-refractivity contribution in [2.45, 2.75) is 33.2 Å². The lowest BCUT2D eigenvalue weighted by molar-refractivity contribution is 0.102. The Hall–Kier alpha value is -3.74. The predicted molar refractivity (Wildman–Crippen MR) is 123 cm³/mol. The molecule has 0 aliphatic heterocycles. The third-order valence-corrected chi connectivity index (χ3v) is 5.44. The van der Waals surface area contributed by atoms with Gasteiger partial charge < -0.3 is 10.6 Å². The summed E-state index contributed by atoms with van der Waals surface area (Å²) in [5, 5.41) is 10.6. The summed E-state index contributed by atoms with van der Waals surface area (Å²) in [5.41, 5.74) is 6.31. The molecule has 0 radical (unpaired) electrons. The van der Waals surface area contributed by atoms with E-state index in [1.807, 2.05) is 63.4 Å². The van der Waals surface area contributed by atoms with Crippen molar-refractivity contribution in [3.63, 3.8) is 0 Å². The molecule has 0 saturated heterocycles. The highest BCUT2D eigenvalue weighted by Gasteiger charge is 2.12. The zero-order valence-corrected chi connectivity index (χ0v) is 18.2. The Balaban J connectivity index is 1.48. The summed E-state index contributed by atoms with van der Waals surface area (Å²) in [4.78, 5) is 21.7. The zero-order valence-electron chi connectivity index (χ0n) is 18.2. The van der Waals surface area contributed by atoms with Gasteiger partial charge in [-0.25, -0.2) is 14.6 Å².